The fourth-order valence-electron chi connectivity index (χ4n) is 1.56. The number of hydrogen-bond acceptors (Lipinski definition) is 3. The van der Waals surface area contributed by atoms with Gasteiger partial charge in [0.2, 0.25) is 0 Å². The van der Waals surface area contributed by atoms with Gasteiger partial charge in [0.25, 0.3) is 5.91 Å². The molecule has 84 valence electrons. The van der Waals surface area contributed by atoms with Gasteiger partial charge in [-0.05, 0) is 12.1 Å². The lowest BCUT2D eigenvalue weighted by atomic mass is 10.3. The Hall–Kier alpha value is -2.08. The van der Waals surface area contributed by atoms with Gasteiger partial charge in [0.15, 0.2) is 0 Å². The van der Waals surface area contributed by atoms with E-state index in [2.05, 4.69) is 5.10 Å². The van der Waals surface area contributed by atoms with Gasteiger partial charge in [0.05, 0.1) is 19.3 Å². The molecular weight excluding hydrogens is 208 g/mol. The van der Waals surface area contributed by atoms with Crippen molar-refractivity contribution in [1.82, 2.24) is 14.3 Å². The molecule has 2 aromatic rings. The zero-order chi connectivity index (χ0) is 11.5. The normalized spacial score (nSPS) is 10.6. The van der Waals surface area contributed by atoms with E-state index in [-0.39, 0.29) is 6.61 Å². The van der Waals surface area contributed by atoms with E-state index in [9.17, 15) is 4.79 Å². The Balaban J connectivity index is 2.54. The number of aliphatic hydroxyl groups is 1. The van der Waals surface area contributed by atoms with E-state index in [1.54, 1.807) is 21.6 Å². The van der Waals surface area contributed by atoms with Crippen LogP contribution in [0.1, 0.15) is 10.4 Å². The molecule has 6 heteroatoms. The summed E-state index contributed by atoms with van der Waals surface area (Å²) in [6, 6.07) is 3.67. The second-order valence-electron chi connectivity index (χ2n) is 3.28. The Morgan fingerprint density at radius 2 is 2.12 bits per heavy atom. The van der Waals surface area contributed by atoms with Crippen molar-refractivity contribution in [3.8, 4) is 5.82 Å². The van der Waals surface area contributed by atoms with Crippen LogP contribution in [-0.2, 0) is 6.54 Å². The summed E-state index contributed by atoms with van der Waals surface area (Å²) in [5.74, 6) is 0.0411. The van der Waals surface area contributed by atoms with Gasteiger partial charge in [-0.2, -0.15) is 5.10 Å². The smallest absolute Gasteiger partial charge is 0.254 e. The molecule has 0 aliphatic carbocycles. The van der Waals surface area contributed by atoms with Crippen molar-refractivity contribution in [3.63, 3.8) is 0 Å². The number of amides is 1. The van der Waals surface area contributed by atoms with Gasteiger partial charge in [0, 0.05) is 12.4 Å². The molecule has 0 radical (unpaired) electrons. The molecule has 0 spiro atoms. The van der Waals surface area contributed by atoms with Crippen LogP contribution in [0.5, 0.6) is 0 Å². The standard InChI is InChI=1S/C10H12N4O2/c11-9(16)8-7-12-14(5-6-15)10(8)13-3-1-2-4-13/h1-4,7,15H,5-6H2,(H2,11,16). The number of nitrogens with zero attached hydrogens (tertiary/aromatic N) is 3. The van der Waals surface area contributed by atoms with E-state index >= 15 is 0 Å². The van der Waals surface area contributed by atoms with Gasteiger partial charge < -0.3 is 15.4 Å². The van der Waals surface area contributed by atoms with Crippen molar-refractivity contribution in [1.29, 1.82) is 0 Å². The molecule has 0 saturated heterocycles. The summed E-state index contributed by atoms with van der Waals surface area (Å²) in [5, 5.41) is 12.9. The number of carbonyl (C=O) groups excluding carboxylic acids is 1. The summed E-state index contributed by atoms with van der Waals surface area (Å²) >= 11 is 0. The summed E-state index contributed by atoms with van der Waals surface area (Å²) in [6.07, 6.45) is 4.99. The number of rotatable bonds is 4. The second kappa shape index (κ2) is 4.19. The van der Waals surface area contributed by atoms with Gasteiger partial charge in [-0.1, -0.05) is 0 Å². The Kier molecular flexibility index (Phi) is 2.74. The molecule has 0 atom stereocenters. The van der Waals surface area contributed by atoms with Gasteiger partial charge in [-0.25, -0.2) is 4.68 Å². The third-order valence-electron chi connectivity index (χ3n) is 2.24. The summed E-state index contributed by atoms with van der Waals surface area (Å²) in [6.45, 7) is 0.273. The Morgan fingerprint density at radius 3 is 2.69 bits per heavy atom. The predicted octanol–water partition coefficient (Wildman–Crippen LogP) is -0.235. The van der Waals surface area contributed by atoms with E-state index in [4.69, 9.17) is 10.8 Å². The average molecular weight is 220 g/mol. The number of primary amides is 1. The van der Waals surface area contributed by atoms with Crippen molar-refractivity contribution in [2.75, 3.05) is 6.61 Å². The molecule has 1 amide bonds. The molecule has 0 saturated carbocycles. The second-order valence-corrected chi connectivity index (χ2v) is 3.28. The Labute approximate surface area is 91.9 Å². The average Bonchev–Trinajstić information content (AvgIpc) is 2.84. The lowest BCUT2D eigenvalue weighted by molar-refractivity contribution is 0.1000. The van der Waals surface area contributed by atoms with Crippen molar-refractivity contribution in [2.24, 2.45) is 5.73 Å². The minimum absolute atomic E-state index is 0.0475. The molecule has 2 aromatic heterocycles. The van der Waals surface area contributed by atoms with Crippen LogP contribution in [0.25, 0.3) is 5.82 Å². The third kappa shape index (κ3) is 1.70. The largest absolute Gasteiger partial charge is 0.394 e. The maximum Gasteiger partial charge on any atom is 0.254 e. The van der Waals surface area contributed by atoms with Crippen LogP contribution in [0.15, 0.2) is 30.7 Å². The molecule has 2 rings (SSSR count). The first-order valence-corrected chi connectivity index (χ1v) is 4.84. The zero-order valence-corrected chi connectivity index (χ0v) is 8.58. The number of hydrogen-bond donors (Lipinski definition) is 2. The van der Waals surface area contributed by atoms with E-state index in [1.165, 1.54) is 6.20 Å². The lowest BCUT2D eigenvalue weighted by Crippen LogP contribution is -2.16. The Bertz CT molecular complexity index is 487. The molecule has 6 nitrogen and oxygen atoms in total. The maximum atomic E-state index is 11.2. The number of aromatic nitrogens is 3. The summed E-state index contributed by atoms with van der Waals surface area (Å²) in [4.78, 5) is 11.2. The minimum atomic E-state index is -0.534. The predicted molar refractivity (Wildman–Crippen MR) is 57.2 cm³/mol. The van der Waals surface area contributed by atoms with E-state index in [0.29, 0.717) is 17.9 Å². The monoisotopic (exact) mass is 220 g/mol. The van der Waals surface area contributed by atoms with Crippen LogP contribution in [-0.4, -0.2) is 32.0 Å². The summed E-state index contributed by atoms with van der Waals surface area (Å²) < 4.78 is 3.28. The number of aliphatic hydroxyl groups excluding tert-OH is 1. The minimum Gasteiger partial charge on any atom is -0.394 e. The molecule has 0 fully saturated rings. The molecule has 0 unspecified atom stereocenters. The van der Waals surface area contributed by atoms with Crippen LogP contribution in [0.2, 0.25) is 0 Å². The molecule has 0 aromatic carbocycles. The molecule has 0 aliphatic heterocycles. The van der Waals surface area contributed by atoms with Crippen LogP contribution >= 0.6 is 0 Å². The molecule has 16 heavy (non-hydrogen) atoms. The van der Waals surface area contributed by atoms with Crippen LogP contribution in [0, 0.1) is 0 Å². The van der Waals surface area contributed by atoms with Crippen molar-refractivity contribution in [3.05, 3.63) is 36.3 Å². The molecular formula is C10H12N4O2. The highest BCUT2D eigenvalue weighted by Gasteiger charge is 2.15. The number of carbonyl (C=O) groups is 1. The van der Waals surface area contributed by atoms with Gasteiger partial charge >= 0.3 is 0 Å². The van der Waals surface area contributed by atoms with E-state index < -0.39 is 5.91 Å². The first-order chi connectivity index (χ1) is 7.74. The van der Waals surface area contributed by atoms with Gasteiger partial charge in [0.1, 0.15) is 11.4 Å². The van der Waals surface area contributed by atoms with E-state index in [1.807, 2.05) is 12.1 Å². The van der Waals surface area contributed by atoms with Crippen LogP contribution < -0.4 is 5.73 Å². The fraction of sp³-hybridized carbons (Fsp3) is 0.200. The third-order valence-corrected chi connectivity index (χ3v) is 2.24. The zero-order valence-electron chi connectivity index (χ0n) is 8.58. The molecule has 0 aliphatic rings. The summed E-state index contributed by atoms with van der Waals surface area (Å²) in [7, 11) is 0. The van der Waals surface area contributed by atoms with E-state index in [0.717, 1.165) is 0 Å². The quantitative estimate of drug-likeness (QED) is 0.745. The SMILES string of the molecule is NC(=O)c1cnn(CCO)c1-n1cccc1. The highest BCUT2D eigenvalue weighted by molar-refractivity contribution is 5.95. The summed E-state index contributed by atoms with van der Waals surface area (Å²) in [5.41, 5.74) is 5.60. The highest BCUT2D eigenvalue weighted by atomic mass is 16.3. The number of nitrogens with two attached hydrogens (primary N) is 1. The van der Waals surface area contributed by atoms with Crippen molar-refractivity contribution < 1.29 is 9.90 Å². The molecule has 3 N–H and O–H groups in total. The molecule has 2 heterocycles. The fourth-order valence-corrected chi connectivity index (χ4v) is 1.56. The maximum absolute atomic E-state index is 11.2. The van der Waals surface area contributed by atoms with Crippen LogP contribution in [0.4, 0.5) is 0 Å². The van der Waals surface area contributed by atoms with Crippen LogP contribution in [0.3, 0.4) is 0 Å². The van der Waals surface area contributed by atoms with Crippen molar-refractivity contribution >= 4 is 5.91 Å². The molecule has 0 bridgehead atoms. The highest BCUT2D eigenvalue weighted by Crippen LogP contribution is 2.14. The van der Waals surface area contributed by atoms with Crippen molar-refractivity contribution in [2.45, 2.75) is 6.54 Å². The van der Waals surface area contributed by atoms with Gasteiger partial charge in [-0.15, -0.1) is 0 Å². The first-order valence-electron chi connectivity index (χ1n) is 4.84. The lowest BCUT2D eigenvalue weighted by Gasteiger charge is -2.08. The van der Waals surface area contributed by atoms with Gasteiger partial charge in [-0.3, -0.25) is 4.79 Å². The topological polar surface area (TPSA) is 86.1 Å². The Morgan fingerprint density at radius 1 is 1.44 bits per heavy atom. The first kappa shape index (κ1) is 10.4.